The molecular formula is C12H14N2S. The predicted octanol–water partition coefficient (Wildman–Crippen LogP) is 2.96. The van der Waals surface area contributed by atoms with Gasteiger partial charge >= 0.3 is 0 Å². The van der Waals surface area contributed by atoms with Crippen LogP contribution in [0.2, 0.25) is 0 Å². The maximum atomic E-state index is 4.55. The Bertz CT molecular complexity index is 500. The maximum Gasteiger partial charge on any atom is 0.119 e. The number of aryl methyl sites for hydroxylation is 1. The fourth-order valence-electron chi connectivity index (χ4n) is 1.74. The number of hydrogen-bond donors (Lipinski definition) is 1. The summed E-state index contributed by atoms with van der Waals surface area (Å²) < 4.78 is 2.15. The zero-order valence-electron chi connectivity index (χ0n) is 8.77. The average Bonchev–Trinajstić information content (AvgIpc) is 2.56. The van der Waals surface area contributed by atoms with Crippen molar-refractivity contribution in [2.75, 3.05) is 0 Å². The number of nitrogens with zero attached hydrogens (tertiary/aromatic N) is 2. The zero-order chi connectivity index (χ0) is 10.8. The molecule has 0 aliphatic carbocycles. The molecular weight excluding hydrogens is 204 g/mol. The van der Waals surface area contributed by atoms with E-state index in [0.29, 0.717) is 5.75 Å². The average molecular weight is 218 g/mol. The molecule has 0 N–H and O–H groups in total. The molecule has 78 valence electrons. The molecule has 0 aliphatic rings. The fourth-order valence-corrected chi connectivity index (χ4v) is 1.98. The number of aromatic nitrogens is 2. The van der Waals surface area contributed by atoms with Crippen LogP contribution in [0.5, 0.6) is 0 Å². The molecule has 0 saturated carbocycles. The Labute approximate surface area is 95.0 Å². The van der Waals surface area contributed by atoms with Gasteiger partial charge in [0.1, 0.15) is 5.82 Å². The Kier molecular flexibility index (Phi) is 2.82. The summed E-state index contributed by atoms with van der Waals surface area (Å²) in [5.74, 6) is 1.65. The summed E-state index contributed by atoms with van der Waals surface area (Å²) in [6, 6.07) is 6.31. The van der Waals surface area contributed by atoms with Crippen molar-refractivity contribution in [3.05, 3.63) is 42.2 Å². The Balaban J connectivity index is 2.68. The molecule has 0 unspecified atom stereocenters. The molecule has 2 rings (SSSR count). The third-order valence-corrected chi connectivity index (χ3v) is 2.72. The van der Waals surface area contributed by atoms with E-state index in [9.17, 15) is 0 Å². The minimum absolute atomic E-state index is 0.654. The number of benzene rings is 1. The highest BCUT2D eigenvalue weighted by atomic mass is 32.1. The van der Waals surface area contributed by atoms with Crippen LogP contribution in [0, 0.1) is 6.92 Å². The van der Waals surface area contributed by atoms with Crippen molar-refractivity contribution < 1.29 is 0 Å². The predicted molar refractivity (Wildman–Crippen MR) is 67.4 cm³/mol. The number of imidazole rings is 1. The first-order valence-corrected chi connectivity index (χ1v) is 5.57. The third-order valence-electron chi connectivity index (χ3n) is 2.44. The van der Waals surface area contributed by atoms with Crippen molar-refractivity contribution in [3.63, 3.8) is 0 Å². The lowest BCUT2D eigenvalue weighted by atomic mass is 10.2. The highest BCUT2D eigenvalue weighted by Gasteiger charge is 2.07. The van der Waals surface area contributed by atoms with Gasteiger partial charge in [0.15, 0.2) is 0 Å². The number of rotatable bonds is 3. The third kappa shape index (κ3) is 1.79. The summed E-state index contributed by atoms with van der Waals surface area (Å²) in [7, 11) is 0. The van der Waals surface area contributed by atoms with Crippen molar-refractivity contribution >= 4 is 23.7 Å². The van der Waals surface area contributed by atoms with E-state index in [1.807, 2.05) is 6.08 Å². The van der Waals surface area contributed by atoms with Gasteiger partial charge in [-0.3, -0.25) is 0 Å². The monoisotopic (exact) mass is 218 g/mol. The van der Waals surface area contributed by atoms with Gasteiger partial charge in [-0.1, -0.05) is 12.1 Å². The lowest BCUT2D eigenvalue weighted by Gasteiger charge is -2.03. The first-order chi connectivity index (χ1) is 7.26. The first kappa shape index (κ1) is 10.3. The highest BCUT2D eigenvalue weighted by molar-refractivity contribution is 7.79. The van der Waals surface area contributed by atoms with E-state index in [4.69, 9.17) is 0 Å². The van der Waals surface area contributed by atoms with Gasteiger partial charge in [0, 0.05) is 12.3 Å². The normalized spacial score (nSPS) is 10.8. The first-order valence-electron chi connectivity index (χ1n) is 4.93. The fraction of sp³-hybridized carbons (Fsp3) is 0.250. The van der Waals surface area contributed by atoms with E-state index >= 15 is 0 Å². The molecule has 3 heteroatoms. The number of hydrogen-bond acceptors (Lipinski definition) is 2. The lowest BCUT2D eigenvalue weighted by molar-refractivity contribution is 0.802. The number of fused-ring (bicyclic) bond motifs is 1. The van der Waals surface area contributed by atoms with Gasteiger partial charge in [0.05, 0.1) is 11.0 Å². The zero-order valence-corrected chi connectivity index (χ0v) is 9.67. The second kappa shape index (κ2) is 4.11. The Morgan fingerprint density at radius 3 is 3.00 bits per heavy atom. The van der Waals surface area contributed by atoms with E-state index in [0.717, 1.165) is 23.4 Å². The van der Waals surface area contributed by atoms with Gasteiger partial charge in [-0.2, -0.15) is 12.6 Å². The van der Waals surface area contributed by atoms with Crippen molar-refractivity contribution in [3.8, 4) is 0 Å². The smallest absolute Gasteiger partial charge is 0.119 e. The molecule has 15 heavy (non-hydrogen) atoms. The molecule has 0 saturated heterocycles. The van der Waals surface area contributed by atoms with Gasteiger partial charge in [0.25, 0.3) is 0 Å². The molecule has 0 radical (unpaired) electrons. The van der Waals surface area contributed by atoms with E-state index in [1.54, 1.807) is 0 Å². The topological polar surface area (TPSA) is 17.8 Å². The Morgan fingerprint density at radius 2 is 2.33 bits per heavy atom. The van der Waals surface area contributed by atoms with Gasteiger partial charge in [-0.25, -0.2) is 4.98 Å². The minimum Gasteiger partial charge on any atom is -0.323 e. The molecule has 1 heterocycles. The van der Waals surface area contributed by atoms with Crippen molar-refractivity contribution in [2.45, 2.75) is 19.2 Å². The molecule has 0 amide bonds. The summed E-state index contributed by atoms with van der Waals surface area (Å²) in [5, 5.41) is 0. The van der Waals surface area contributed by atoms with Crippen LogP contribution in [-0.2, 0) is 12.3 Å². The Hall–Kier alpha value is -1.22. The minimum atomic E-state index is 0.654. The summed E-state index contributed by atoms with van der Waals surface area (Å²) in [5.41, 5.74) is 3.43. The van der Waals surface area contributed by atoms with Crippen LogP contribution in [0.25, 0.3) is 11.0 Å². The van der Waals surface area contributed by atoms with Crippen molar-refractivity contribution in [1.82, 2.24) is 9.55 Å². The number of allylic oxidation sites excluding steroid dienone is 1. The SMILES string of the molecule is C=CCn1c(CS)nc2cc(C)ccc21. The molecule has 2 aromatic rings. The molecule has 1 aromatic heterocycles. The molecule has 2 nitrogen and oxygen atoms in total. The van der Waals surface area contributed by atoms with E-state index < -0.39 is 0 Å². The van der Waals surface area contributed by atoms with Crippen molar-refractivity contribution in [1.29, 1.82) is 0 Å². The quantitative estimate of drug-likeness (QED) is 0.619. The van der Waals surface area contributed by atoms with Crippen LogP contribution < -0.4 is 0 Å². The summed E-state index contributed by atoms with van der Waals surface area (Å²) in [6.45, 7) is 6.62. The molecule has 0 bridgehead atoms. The molecule has 1 aromatic carbocycles. The lowest BCUT2D eigenvalue weighted by Crippen LogP contribution is -1.99. The van der Waals surface area contributed by atoms with Gasteiger partial charge < -0.3 is 4.57 Å². The van der Waals surface area contributed by atoms with E-state index in [-0.39, 0.29) is 0 Å². The summed E-state index contributed by atoms with van der Waals surface area (Å²) in [4.78, 5) is 4.55. The maximum absolute atomic E-state index is 4.55. The van der Waals surface area contributed by atoms with Crippen LogP contribution in [0.3, 0.4) is 0 Å². The molecule has 0 fully saturated rings. The van der Waals surface area contributed by atoms with E-state index in [2.05, 4.69) is 53.9 Å². The Morgan fingerprint density at radius 1 is 1.53 bits per heavy atom. The highest BCUT2D eigenvalue weighted by Crippen LogP contribution is 2.18. The van der Waals surface area contributed by atoms with Crippen LogP contribution in [0.1, 0.15) is 11.4 Å². The van der Waals surface area contributed by atoms with E-state index in [1.165, 1.54) is 5.56 Å². The van der Waals surface area contributed by atoms with Crippen LogP contribution in [0.4, 0.5) is 0 Å². The largest absolute Gasteiger partial charge is 0.323 e. The molecule has 0 atom stereocenters. The van der Waals surface area contributed by atoms with Crippen LogP contribution >= 0.6 is 12.6 Å². The van der Waals surface area contributed by atoms with Crippen LogP contribution in [-0.4, -0.2) is 9.55 Å². The molecule has 0 aliphatic heterocycles. The molecule has 0 spiro atoms. The van der Waals surface area contributed by atoms with Gasteiger partial charge in [-0.15, -0.1) is 6.58 Å². The van der Waals surface area contributed by atoms with Crippen LogP contribution in [0.15, 0.2) is 30.9 Å². The standard InChI is InChI=1S/C12H14N2S/c1-3-6-14-11-5-4-9(2)7-10(11)13-12(14)8-15/h3-5,7,15H,1,6,8H2,2H3. The second-order valence-electron chi connectivity index (χ2n) is 3.58. The van der Waals surface area contributed by atoms with Gasteiger partial charge in [-0.05, 0) is 24.6 Å². The number of thiol groups is 1. The summed E-state index contributed by atoms with van der Waals surface area (Å²) in [6.07, 6.45) is 1.88. The van der Waals surface area contributed by atoms with Crippen molar-refractivity contribution in [2.24, 2.45) is 0 Å². The second-order valence-corrected chi connectivity index (χ2v) is 3.89. The summed E-state index contributed by atoms with van der Waals surface area (Å²) >= 11 is 4.29. The van der Waals surface area contributed by atoms with Gasteiger partial charge in [0.2, 0.25) is 0 Å².